The van der Waals surface area contributed by atoms with E-state index in [9.17, 15) is 19.7 Å². The van der Waals surface area contributed by atoms with Crippen LogP contribution in [0.15, 0.2) is 42.5 Å². The van der Waals surface area contributed by atoms with Crippen molar-refractivity contribution in [3.63, 3.8) is 0 Å². The van der Waals surface area contributed by atoms with E-state index in [1.54, 1.807) is 4.90 Å². The van der Waals surface area contributed by atoms with Gasteiger partial charge in [0.25, 0.3) is 11.6 Å². The number of fused-ring (bicyclic) bond motifs is 1. The molecule has 1 fully saturated rings. The molecule has 0 atom stereocenters. The molecule has 0 spiro atoms. The number of non-ortho nitro benzene ring substituents is 1. The Labute approximate surface area is 167 Å². The topological polar surface area (TPSA) is 93.0 Å². The molecule has 0 unspecified atom stereocenters. The van der Waals surface area contributed by atoms with E-state index in [1.807, 2.05) is 31.2 Å². The Morgan fingerprint density at radius 3 is 2.76 bits per heavy atom. The molecular formula is C21H21N3O5. The molecule has 2 aromatic carbocycles. The zero-order chi connectivity index (χ0) is 20.5. The molecule has 0 radical (unpaired) electrons. The first-order chi connectivity index (χ1) is 13.9. The maximum Gasteiger partial charge on any atom is 0.271 e. The van der Waals surface area contributed by atoms with Crippen LogP contribution in [0.5, 0.6) is 5.75 Å². The zero-order valence-corrected chi connectivity index (χ0v) is 16.0. The summed E-state index contributed by atoms with van der Waals surface area (Å²) in [5.41, 5.74) is 2.26. The van der Waals surface area contributed by atoms with E-state index in [2.05, 4.69) is 0 Å². The SMILES string of the molecule is Cc1cccc(CN(C(=O)CN2C(=O)COc3ccc([N+](=O)[O-])cc32)C2CC2)c1. The number of amides is 2. The lowest BCUT2D eigenvalue weighted by Crippen LogP contribution is -2.46. The van der Waals surface area contributed by atoms with Gasteiger partial charge in [-0.05, 0) is 31.4 Å². The molecule has 1 aliphatic heterocycles. The van der Waals surface area contributed by atoms with Crippen LogP contribution in [0, 0.1) is 17.0 Å². The maximum atomic E-state index is 13.1. The number of ether oxygens (including phenoxy) is 1. The minimum Gasteiger partial charge on any atom is -0.482 e. The Morgan fingerprint density at radius 1 is 1.28 bits per heavy atom. The van der Waals surface area contributed by atoms with E-state index in [-0.39, 0.29) is 36.5 Å². The van der Waals surface area contributed by atoms with Crippen molar-refractivity contribution in [2.24, 2.45) is 0 Å². The molecule has 1 saturated carbocycles. The summed E-state index contributed by atoms with van der Waals surface area (Å²) in [5, 5.41) is 11.1. The Morgan fingerprint density at radius 2 is 2.07 bits per heavy atom. The normalized spacial score (nSPS) is 15.5. The summed E-state index contributed by atoms with van der Waals surface area (Å²) in [5.74, 6) is -0.209. The molecule has 2 aromatic rings. The van der Waals surface area contributed by atoms with Crippen molar-refractivity contribution in [2.45, 2.75) is 32.4 Å². The summed E-state index contributed by atoms with van der Waals surface area (Å²) in [6.45, 7) is 2.12. The van der Waals surface area contributed by atoms with Crippen LogP contribution in [0.2, 0.25) is 0 Å². The van der Waals surface area contributed by atoms with Crippen LogP contribution in [0.4, 0.5) is 11.4 Å². The molecule has 4 rings (SSSR count). The molecule has 0 bridgehead atoms. The first-order valence-electron chi connectivity index (χ1n) is 9.49. The molecular weight excluding hydrogens is 374 g/mol. The lowest BCUT2D eigenvalue weighted by Gasteiger charge is -2.31. The third-order valence-electron chi connectivity index (χ3n) is 5.13. The van der Waals surface area contributed by atoms with Crippen LogP contribution in [-0.4, -0.2) is 40.8 Å². The minimum absolute atomic E-state index is 0.154. The largest absolute Gasteiger partial charge is 0.482 e. The van der Waals surface area contributed by atoms with Crippen molar-refractivity contribution in [3.05, 3.63) is 63.7 Å². The molecule has 29 heavy (non-hydrogen) atoms. The van der Waals surface area contributed by atoms with Crippen molar-refractivity contribution < 1.29 is 19.2 Å². The van der Waals surface area contributed by atoms with Gasteiger partial charge in [0.05, 0.1) is 10.6 Å². The molecule has 0 N–H and O–H groups in total. The lowest BCUT2D eigenvalue weighted by molar-refractivity contribution is -0.384. The quantitative estimate of drug-likeness (QED) is 0.554. The van der Waals surface area contributed by atoms with Crippen LogP contribution in [0.25, 0.3) is 0 Å². The highest BCUT2D eigenvalue weighted by Gasteiger charge is 2.36. The van der Waals surface area contributed by atoms with E-state index < -0.39 is 10.8 Å². The second-order valence-corrected chi connectivity index (χ2v) is 7.42. The molecule has 150 valence electrons. The Kier molecular flexibility index (Phi) is 4.92. The number of nitrogens with zero attached hydrogens (tertiary/aromatic N) is 3. The Balaban J connectivity index is 1.57. The fourth-order valence-corrected chi connectivity index (χ4v) is 3.52. The fraction of sp³-hybridized carbons (Fsp3) is 0.333. The highest BCUT2D eigenvalue weighted by Crippen LogP contribution is 2.36. The number of carbonyl (C=O) groups excluding carboxylic acids is 2. The summed E-state index contributed by atoms with van der Waals surface area (Å²) in [7, 11) is 0. The number of nitro benzene ring substituents is 1. The molecule has 8 nitrogen and oxygen atoms in total. The summed E-state index contributed by atoms with van der Waals surface area (Å²) in [6, 6.07) is 12.2. The van der Waals surface area contributed by atoms with Gasteiger partial charge in [-0.1, -0.05) is 29.8 Å². The van der Waals surface area contributed by atoms with E-state index in [4.69, 9.17) is 4.74 Å². The van der Waals surface area contributed by atoms with Gasteiger partial charge in [-0.15, -0.1) is 0 Å². The average Bonchev–Trinajstić information content (AvgIpc) is 3.53. The zero-order valence-electron chi connectivity index (χ0n) is 16.0. The van der Waals surface area contributed by atoms with Crippen molar-refractivity contribution in [1.29, 1.82) is 0 Å². The molecule has 1 aliphatic carbocycles. The number of hydrogen-bond donors (Lipinski definition) is 0. The first-order valence-corrected chi connectivity index (χ1v) is 9.49. The van der Waals surface area contributed by atoms with E-state index in [0.29, 0.717) is 12.3 Å². The summed E-state index contributed by atoms with van der Waals surface area (Å²) >= 11 is 0. The molecule has 2 amide bonds. The molecule has 0 saturated heterocycles. The van der Waals surface area contributed by atoms with Gasteiger partial charge < -0.3 is 9.64 Å². The molecule has 0 aromatic heterocycles. The standard InChI is InChI=1S/C21H21N3O5/c1-14-3-2-4-15(9-14)11-22(16-5-6-16)20(25)12-23-18-10-17(24(27)28)7-8-19(18)29-13-21(23)26/h2-4,7-10,16H,5-6,11-13H2,1H3. The van der Waals surface area contributed by atoms with E-state index in [0.717, 1.165) is 24.0 Å². The van der Waals surface area contributed by atoms with Crippen molar-refractivity contribution >= 4 is 23.2 Å². The Hall–Kier alpha value is -3.42. The molecule has 2 aliphatic rings. The smallest absolute Gasteiger partial charge is 0.271 e. The van der Waals surface area contributed by atoms with Gasteiger partial charge >= 0.3 is 0 Å². The second-order valence-electron chi connectivity index (χ2n) is 7.42. The highest BCUT2D eigenvalue weighted by molar-refractivity contribution is 6.02. The predicted molar refractivity (Wildman–Crippen MR) is 106 cm³/mol. The average molecular weight is 395 g/mol. The summed E-state index contributed by atoms with van der Waals surface area (Å²) in [4.78, 5) is 39.2. The predicted octanol–water partition coefficient (Wildman–Crippen LogP) is 2.82. The molecule has 8 heteroatoms. The summed E-state index contributed by atoms with van der Waals surface area (Å²) in [6.07, 6.45) is 1.88. The van der Waals surface area contributed by atoms with Gasteiger partial charge in [0.1, 0.15) is 12.3 Å². The van der Waals surface area contributed by atoms with Gasteiger partial charge in [0.2, 0.25) is 5.91 Å². The van der Waals surface area contributed by atoms with E-state index >= 15 is 0 Å². The van der Waals surface area contributed by atoms with Crippen LogP contribution in [0.3, 0.4) is 0 Å². The highest BCUT2D eigenvalue weighted by atomic mass is 16.6. The van der Waals surface area contributed by atoms with Crippen LogP contribution in [0.1, 0.15) is 24.0 Å². The van der Waals surface area contributed by atoms with Gasteiger partial charge in [-0.2, -0.15) is 0 Å². The van der Waals surface area contributed by atoms with E-state index in [1.165, 1.54) is 23.1 Å². The van der Waals surface area contributed by atoms with Gasteiger partial charge in [-0.3, -0.25) is 24.6 Å². The van der Waals surface area contributed by atoms with Crippen molar-refractivity contribution in [1.82, 2.24) is 4.90 Å². The number of rotatable bonds is 6. The number of aryl methyl sites for hydroxylation is 1. The second kappa shape index (κ2) is 7.54. The first kappa shape index (κ1) is 18.9. The fourth-order valence-electron chi connectivity index (χ4n) is 3.52. The van der Waals surface area contributed by atoms with Crippen molar-refractivity contribution in [2.75, 3.05) is 18.1 Å². The Bertz CT molecular complexity index is 986. The lowest BCUT2D eigenvalue weighted by atomic mass is 10.1. The monoisotopic (exact) mass is 395 g/mol. The number of hydrogen-bond acceptors (Lipinski definition) is 5. The third kappa shape index (κ3) is 4.06. The van der Waals surface area contributed by atoms with Crippen molar-refractivity contribution in [3.8, 4) is 5.75 Å². The van der Waals surface area contributed by atoms with Gasteiger partial charge in [0, 0.05) is 24.7 Å². The molecule has 1 heterocycles. The summed E-state index contributed by atoms with van der Waals surface area (Å²) < 4.78 is 5.37. The number of nitro groups is 1. The van der Waals surface area contributed by atoms with Gasteiger partial charge in [-0.25, -0.2) is 0 Å². The number of carbonyl (C=O) groups is 2. The number of anilines is 1. The van der Waals surface area contributed by atoms with Gasteiger partial charge in [0.15, 0.2) is 6.61 Å². The third-order valence-corrected chi connectivity index (χ3v) is 5.13. The minimum atomic E-state index is -0.534. The number of benzene rings is 2. The maximum absolute atomic E-state index is 13.1. The van der Waals surface area contributed by atoms with Crippen LogP contribution >= 0.6 is 0 Å². The van der Waals surface area contributed by atoms with Crippen LogP contribution < -0.4 is 9.64 Å². The van der Waals surface area contributed by atoms with Crippen LogP contribution in [-0.2, 0) is 16.1 Å².